The van der Waals surface area contributed by atoms with Crippen LogP contribution >= 0.6 is 0 Å². The fraction of sp³-hybridized carbons (Fsp3) is 0.882. The third-order valence-corrected chi connectivity index (χ3v) is 6.72. The number of rotatable bonds is 3. The van der Waals surface area contributed by atoms with E-state index in [0.29, 0.717) is 6.61 Å². The summed E-state index contributed by atoms with van der Waals surface area (Å²) in [5.74, 6) is -0.0926. The highest BCUT2D eigenvalue weighted by Crippen LogP contribution is 2.70. The Kier molecular flexibility index (Phi) is 3.77. The molecule has 3 nitrogen and oxygen atoms in total. The molecule has 0 bridgehead atoms. The quantitative estimate of drug-likeness (QED) is 0.586. The molecule has 2 fully saturated rings. The van der Waals surface area contributed by atoms with E-state index in [4.69, 9.17) is 4.74 Å². The molecular formula is C17H28O3. The smallest absolute Gasteiger partial charge is 0.302 e. The Balaban J connectivity index is 2.35. The predicted octanol–water partition coefficient (Wildman–Crippen LogP) is 3.61. The lowest BCUT2D eigenvalue weighted by Gasteiger charge is -2.57. The van der Waals surface area contributed by atoms with E-state index in [9.17, 15) is 9.59 Å². The number of aldehydes is 1. The number of carbonyl (C=O) groups excluding carboxylic acids is 2. The molecule has 0 aromatic rings. The van der Waals surface area contributed by atoms with Crippen molar-refractivity contribution in [1.29, 1.82) is 0 Å². The van der Waals surface area contributed by atoms with E-state index in [1.807, 2.05) is 0 Å². The van der Waals surface area contributed by atoms with Crippen LogP contribution in [0.15, 0.2) is 0 Å². The van der Waals surface area contributed by atoms with E-state index >= 15 is 0 Å². The first-order chi connectivity index (χ1) is 9.18. The molecule has 0 N–H and O–H groups in total. The van der Waals surface area contributed by atoms with Crippen molar-refractivity contribution >= 4 is 12.3 Å². The third kappa shape index (κ3) is 2.01. The number of ether oxygens (including phenoxy) is 1. The largest absolute Gasteiger partial charge is 0.466 e. The van der Waals surface area contributed by atoms with Gasteiger partial charge >= 0.3 is 5.97 Å². The van der Waals surface area contributed by atoms with E-state index in [2.05, 4.69) is 27.7 Å². The first-order valence-electron chi connectivity index (χ1n) is 7.77. The van der Waals surface area contributed by atoms with Crippen LogP contribution in [0.25, 0.3) is 0 Å². The molecule has 2 aliphatic rings. The minimum atomic E-state index is -0.251. The van der Waals surface area contributed by atoms with Crippen molar-refractivity contribution in [2.75, 3.05) is 6.61 Å². The van der Waals surface area contributed by atoms with Crippen molar-refractivity contribution in [3.8, 4) is 0 Å². The second-order valence-corrected chi connectivity index (χ2v) is 7.93. The van der Waals surface area contributed by atoms with Crippen LogP contribution in [0.1, 0.15) is 60.3 Å². The van der Waals surface area contributed by atoms with Gasteiger partial charge in [-0.1, -0.05) is 34.1 Å². The maximum atomic E-state index is 11.8. The summed E-state index contributed by atoms with van der Waals surface area (Å²) in [6.45, 7) is 11.0. The van der Waals surface area contributed by atoms with Gasteiger partial charge in [0.25, 0.3) is 0 Å². The van der Waals surface area contributed by atoms with Gasteiger partial charge in [-0.15, -0.1) is 0 Å². The van der Waals surface area contributed by atoms with Gasteiger partial charge in [0.05, 0.1) is 6.61 Å². The monoisotopic (exact) mass is 280 g/mol. The van der Waals surface area contributed by atoms with E-state index in [-0.39, 0.29) is 34.1 Å². The molecule has 0 radical (unpaired) electrons. The summed E-state index contributed by atoms with van der Waals surface area (Å²) in [7, 11) is 0. The zero-order chi connectivity index (χ0) is 15.2. The maximum Gasteiger partial charge on any atom is 0.302 e. The number of hydrogen-bond donors (Lipinski definition) is 0. The molecule has 4 atom stereocenters. The summed E-state index contributed by atoms with van der Waals surface area (Å²) < 4.78 is 5.22. The molecule has 0 spiro atoms. The van der Waals surface area contributed by atoms with Crippen LogP contribution in [0.4, 0.5) is 0 Å². The van der Waals surface area contributed by atoms with Gasteiger partial charge < -0.3 is 9.53 Å². The van der Waals surface area contributed by atoms with E-state index in [1.165, 1.54) is 26.2 Å². The zero-order valence-corrected chi connectivity index (χ0v) is 13.5. The van der Waals surface area contributed by atoms with Gasteiger partial charge in [0.1, 0.15) is 6.29 Å². The molecule has 2 rings (SSSR count). The Morgan fingerprint density at radius 3 is 2.45 bits per heavy atom. The van der Waals surface area contributed by atoms with E-state index in [0.717, 1.165) is 12.7 Å². The summed E-state index contributed by atoms with van der Waals surface area (Å²) in [5, 5.41) is 0. The van der Waals surface area contributed by atoms with E-state index in [1.54, 1.807) is 0 Å². The summed E-state index contributed by atoms with van der Waals surface area (Å²) in [5.41, 5.74) is 0.312. The lowest BCUT2D eigenvalue weighted by atomic mass is 9.46. The molecule has 20 heavy (non-hydrogen) atoms. The average Bonchev–Trinajstić information content (AvgIpc) is 2.56. The number of esters is 1. The van der Waals surface area contributed by atoms with Crippen LogP contribution < -0.4 is 0 Å². The first-order valence-corrected chi connectivity index (χ1v) is 7.77. The van der Waals surface area contributed by atoms with Gasteiger partial charge in [-0.3, -0.25) is 4.79 Å². The van der Waals surface area contributed by atoms with Gasteiger partial charge in [-0.05, 0) is 35.5 Å². The fourth-order valence-corrected chi connectivity index (χ4v) is 5.24. The number of fused-ring (bicyclic) bond motifs is 1. The topological polar surface area (TPSA) is 43.4 Å². The molecule has 0 heterocycles. The number of hydrogen-bond acceptors (Lipinski definition) is 3. The highest BCUT2D eigenvalue weighted by Gasteiger charge is 2.65. The molecule has 0 amide bonds. The molecular weight excluding hydrogens is 252 g/mol. The highest BCUT2D eigenvalue weighted by atomic mass is 16.5. The van der Waals surface area contributed by atoms with Gasteiger partial charge in [0, 0.05) is 18.8 Å². The fourth-order valence-electron chi connectivity index (χ4n) is 5.24. The molecule has 0 aromatic heterocycles. The zero-order valence-electron chi connectivity index (χ0n) is 13.5. The summed E-state index contributed by atoms with van der Waals surface area (Å²) in [6.07, 6.45) is 5.69. The van der Waals surface area contributed by atoms with Crippen LogP contribution in [0.5, 0.6) is 0 Å². The van der Waals surface area contributed by atoms with Gasteiger partial charge in [-0.2, -0.15) is 0 Å². The van der Waals surface area contributed by atoms with Crippen molar-refractivity contribution in [3.05, 3.63) is 0 Å². The number of carbonyl (C=O) groups is 2. The van der Waals surface area contributed by atoms with Gasteiger partial charge in [-0.25, -0.2) is 0 Å². The molecule has 2 aliphatic carbocycles. The standard InChI is InChI=1S/C17H28O3/c1-12(19)20-11-13-9-16(4)8-6-7-15(2,3)17(16,5)14(13)10-18/h10,13-14H,6-9,11H2,1-5H3/t13-,14+,16+,17+/m0/s1. The van der Waals surface area contributed by atoms with Crippen LogP contribution in [-0.4, -0.2) is 18.9 Å². The second kappa shape index (κ2) is 4.85. The second-order valence-electron chi connectivity index (χ2n) is 7.93. The van der Waals surface area contributed by atoms with Crippen molar-refractivity contribution in [1.82, 2.24) is 0 Å². The van der Waals surface area contributed by atoms with Crippen molar-refractivity contribution in [2.24, 2.45) is 28.1 Å². The Morgan fingerprint density at radius 1 is 1.25 bits per heavy atom. The lowest BCUT2D eigenvalue weighted by molar-refractivity contribution is -0.145. The molecule has 0 aliphatic heterocycles. The Morgan fingerprint density at radius 2 is 1.90 bits per heavy atom. The Bertz CT molecular complexity index is 414. The van der Waals surface area contributed by atoms with Crippen LogP contribution in [-0.2, 0) is 14.3 Å². The van der Waals surface area contributed by atoms with E-state index < -0.39 is 0 Å². The molecule has 2 saturated carbocycles. The van der Waals surface area contributed by atoms with Crippen molar-refractivity contribution in [2.45, 2.75) is 60.3 Å². The maximum absolute atomic E-state index is 11.8. The third-order valence-electron chi connectivity index (χ3n) is 6.72. The van der Waals surface area contributed by atoms with Gasteiger partial charge in [0.2, 0.25) is 0 Å². The Labute approximate surface area is 122 Å². The molecule has 3 heteroatoms. The predicted molar refractivity (Wildman–Crippen MR) is 78.1 cm³/mol. The molecule has 114 valence electrons. The van der Waals surface area contributed by atoms with Crippen molar-refractivity contribution in [3.63, 3.8) is 0 Å². The summed E-state index contributed by atoms with van der Waals surface area (Å²) in [4.78, 5) is 22.9. The van der Waals surface area contributed by atoms with Crippen LogP contribution in [0.2, 0.25) is 0 Å². The first kappa shape index (κ1) is 15.5. The molecule has 0 aromatic carbocycles. The highest BCUT2D eigenvalue weighted by molar-refractivity contribution is 5.66. The minimum absolute atomic E-state index is 0.00911. The average molecular weight is 280 g/mol. The summed E-state index contributed by atoms with van der Waals surface area (Å²) in [6, 6.07) is 0. The Hall–Kier alpha value is -0.860. The van der Waals surface area contributed by atoms with Crippen molar-refractivity contribution < 1.29 is 14.3 Å². The van der Waals surface area contributed by atoms with Gasteiger partial charge in [0.15, 0.2) is 0 Å². The molecule has 0 saturated heterocycles. The SMILES string of the molecule is CC(=O)OC[C@@H]1C[C@@]2(C)CCCC(C)(C)[C@@]2(C)[C@@H]1C=O. The van der Waals surface area contributed by atoms with Crippen LogP contribution in [0, 0.1) is 28.1 Å². The normalized spacial score (nSPS) is 42.9. The summed E-state index contributed by atoms with van der Waals surface area (Å²) >= 11 is 0. The minimum Gasteiger partial charge on any atom is -0.466 e. The van der Waals surface area contributed by atoms with Crippen LogP contribution in [0.3, 0.4) is 0 Å². The lowest BCUT2D eigenvalue weighted by Crippen LogP contribution is -2.52. The molecule has 0 unspecified atom stereocenters.